The number of fused-ring (bicyclic) bond motifs is 12. The van der Waals surface area contributed by atoms with Crippen molar-refractivity contribution in [2.45, 2.75) is 0 Å². The van der Waals surface area contributed by atoms with Gasteiger partial charge in [-0.3, -0.25) is 4.57 Å². The van der Waals surface area contributed by atoms with Crippen LogP contribution in [0.1, 0.15) is 0 Å². The first-order valence-corrected chi connectivity index (χ1v) is 19.2. The molecule has 5 aromatic heterocycles. The lowest BCUT2D eigenvalue weighted by atomic mass is 10.0. The van der Waals surface area contributed by atoms with Crippen LogP contribution in [0.5, 0.6) is 0 Å². The summed E-state index contributed by atoms with van der Waals surface area (Å²) in [5.41, 5.74) is 11.0. The van der Waals surface area contributed by atoms with E-state index in [0.29, 0.717) is 17.6 Å². The zero-order valence-electron chi connectivity index (χ0n) is 30.7. The van der Waals surface area contributed by atoms with E-state index < -0.39 is 0 Å². The number of nitrogens with zero attached hydrogens (tertiary/aromatic N) is 4. The van der Waals surface area contributed by atoms with Gasteiger partial charge in [0.2, 0.25) is 5.95 Å². The first-order chi connectivity index (χ1) is 28.7. The third-order valence-electron chi connectivity index (χ3n) is 11.5. The van der Waals surface area contributed by atoms with Gasteiger partial charge in [0.1, 0.15) is 33.5 Å². The summed E-state index contributed by atoms with van der Waals surface area (Å²) >= 11 is 0. The molecule has 13 rings (SSSR count). The molecule has 0 radical (unpaired) electrons. The van der Waals surface area contributed by atoms with Gasteiger partial charge < -0.3 is 13.3 Å². The molecule has 0 aliphatic carbocycles. The topological polar surface area (TPSA) is 83.0 Å². The lowest BCUT2D eigenvalue weighted by Crippen LogP contribution is -2.06. The molecule has 0 atom stereocenters. The van der Waals surface area contributed by atoms with Crippen molar-refractivity contribution in [1.82, 2.24) is 19.5 Å². The van der Waals surface area contributed by atoms with E-state index in [9.17, 15) is 0 Å². The molecular formula is C51H28N4O3. The molecule has 7 heteroatoms. The summed E-state index contributed by atoms with van der Waals surface area (Å²) in [5, 5.41) is 8.53. The Morgan fingerprint density at radius 2 is 0.672 bits per heavy atom. The molecule has 0 unspecified atom stereocenters. The van der Waals surface area contributed by atoms with E-state index in [1.54, 1.807) is 0 Å². The Morgan fingerprint density at radius 1 is 0.293 bits per heavy atom. The van der Waals surface area contributed by atoms with Gasteiger partial charge in [-0.2, -0.15) is 9.97 Å². The van der Waals surface area contributed by atoms with Crippen molar-refractivity contribution in [3.8, 4) is 39.9 Å². The molecule has 13 aromatic rings. The molecule has 5 heterocycles. The standard InChI is InChI=1S/C51H28N4O3/c1-5-13-41-33(9-1)37-25-29(30-18-22-46-38(26-30)34-10-2-6-14-43(34)56-46)17-21-42(37)55(41)51-53-49(31-19-23-47-39(27-31)35-11-3-7-15-44(35)57-47)52-50(54-51)32-20-24-48-40(28-32)36-12-4-8-16-45(36)58-48/h1-28H. The summed E-state index contributed by atoms with van der Waals surface area (Å²) in [6.45, 7) is 0. The van der Waals surface area contributed by atoms with Crippen LogP contribution in [-0.2, 0) is 0 Å². The Kier molecular flexibility index (Phi) is 6.32. The molecule has 8 aromatic carbocycles. The highest BCUT2D eigenvalue weighted by Gasteiger charge is 2.20. The summed E-state index contributed by atoms with van der Waals surface area (Å²) in [5.74, 6) is 1.65. The van der Waals surface area contributed by atoms with Gasteiger partial charge in [-0.1, -0.05) is 84.9 Å². The van der Waals surface area contributed by atoms with Gasteiger partial charge in [-0.15, -0.1) is 0 Å². The molecule has 7 nitrogen and oxygen atoms in total. The smallest absolute Gasteiger partial charge is 0.238 e. The molecular weight excluding hydrogens is 717 g/mol. The van der Waals surface area contributed by atoms with Crippen LogP contribution in [0.4, 0.5) is 0 Å². The van der Waals surface area contributed by atoms with Crippen molar-refractivity contribution in [2.75, 3.05) is 0 Å². The van der Waals surface area contributed by atoms with Crippen LogP contribution >= 0.6 is 0 Å². The quantitative estimate of drug-likeness (QED) is 0.178. The maximum absolute atomic E-state index is 6.19. The fraction of sp³-hybridized carbons (Fsp3) is 0. The highest BCUT2D eigenvalue weighted by Crippen LogP contribution is 2.39. The molecule has 0 fully saturated rings. The minimum Gasteiger partial charge on any atom is -0.456 e. The average molecular weight is 745 g/mol. The van der Waals surface area contributed by atoms with E-state index in [2.05, 4.69) is 102 Å². The van der Waals surface area contributed by atoms with E-state index >= 15 is 0 Å². The number of furan rings is 3. The predicted octanol–water partition coefficient (Wildman–Crippen LogP) is 13.7. The number of hydrogen-bond acceptors (Lipinski definition) is 6. The molecule has 0 saturated heterocycles. The first kappa shape index (κ1) is 31.2. The lowest BCUT2D eigenvalue weighted by Gasteiger charge is -2.11. The monoisotopic (exact) mass is 744 g/mol. The molecule has 0 N–H and O–H groups in total. The Morgan fingerprint density at radius 3 is 1.21 bits per heavy atom. The van der Waals surface area contributed by atoms with Crippen LogP contribution < -0.4 is 0 Å². The minimum absolute atomic E-state index is 0.527. The summed E-state index contributed by atoms with van der Waals surface area (Å²) in [6, 6.07) is 58.2. The fourth-order valence-electron chi connectivity index (χ4n) is 8.73. The third-order valence-corrected chi connectivity index (χ3v) is 11.5. The summed E-state index contributed by atoms with van der Waals surface area (Å²) < 4.78 is 20.7. The van der Waals surface area contributed by atoms with Gasteiger partial charge in [0, 0.05) is 54.2 Å². The molecule has 0 aliphatic rings. The third kappa shape index (κ3) is 4.58. The molecule has 58 heavy (non-hydrogen) atoms. The van der Waals surface area contributed by atoms with Gasteiger partial charge >= 0.3 is 0 Å². The largest absolute Gasteiger partial charge is 0.456 e. The molecule has 0 aliphatic heterocycles. The Hall–Kier alpha value is -8.03. The first-order valence-electron chi connectivity index (χ1n) is 19.2. The Balaban J connectivity index is 1.04. The molecule has 0 saturated carbocycles. The van der Waals surface area contributed by atoms with Gasteiger partial charge in [-0.25, -0.2) is 4.98 Å². The van der Waals surface area contributed by atoms with Crippen molar-refractivity contribution in [2.24, 2.45) is 0 Å². The number of rotatable bonds is 4. The zero-order valence-corrected chi connectivity index (χ0v) is 30.7. The SMILES string of the molecule is c1ccc2c(c1)oc1ccc(-c3ccc4c(c3)c3ccccc3n4-c3nc(-c4ccc5oc6ccccc6c5c4)nc(-c4ccc5oc6ccccc6c5c4)n3)cc12. The van der Waals surface area contributed by atoms with Crippen LogP contribution in [0.3, 0.4) is 0 Å². The number of hydrogen-bond donors (Lipinski definition) is 0. The molecule has 270 valence electrons. The second-order valence-corrected chi connectivity index (χ2v) is 14.8. The maximum Gasteiger partial charge on any atom is 0.238 e. The second-order valence-electron chi connectivity index (χ2n) is 14.8. The highest BCUT2D eigenvalue weighted by molar-refractivity contribution is 6.12. The van der Waals surface area contributed by atoms with Crippen molar-refractivity contribution in [1.29, 1.82) is 0 Å². The van der Waals surface area contributed by atoms with E-state index in [-0.39, 0.29) is 0 Å². The van der Waals surface area contributed by atoms with E-state index in [1.807, 2.05) is 72.8 Å². The highest BCUT2D eigenvalue weighted by atomic mass is 16.3. The maximum atomic E-state index is 6.19. The van der Waals surface area contributed by atoms with E-state index in [4.69, 9.17) is 28.2 Å². The van der Waals surface area contributed by atoms with Crippen LogP contribution in [0, 0.1) is 0 Å². The van der Waals surface area contributed by atoms with Crippen molar-refractivity contribution in [3.05, 3.63) is 170 Å². The van der Waals surface area contributed by atoms with Gasteiger partial charge in [0.25, 0.3) is 0 Å². The van der Waals surface area contributed by atoms with Gasteiger partial charge in [0.15, 0.2) is 11.6 Å². The van der Waals surface area contributed by atoms with Crippen molar-refractivity contribution < 1.29 is 13.3 Å². The Labute approximate surface area is 329 Å². The second kappa shape index (κ2) is 11.7. The van der Waals surface area contributed by atoms with Crippen molar-refractivity contribution in [3.63, 3.8) is 0 Å². The molecule has 0 bridgehead atoms. The van der Waals surface area contributed by atoms with Crippen LogP contribution in [0.25, 0.3) is 127 Å². The van der Waals surface area contributed by atoms with Crippen LogP contribution in [0.15, 0.2) is 183 Å². The molecule has 0 spiro atoms. The number of para-hydroxylation sites is 4. The Bertz CT molecular complexity index is 3700. The summed E-state index contributed by atoms with van der Waals surface area (Å²) in [4.78, 5) is 15.7. The normalized spacial score (nSPS) is 12.1. The van der Waals surface area contributed by atoms with E-state index in [1.165, 1.54) is 0 Å². The number of aromatic nitrogens is 4. The van der Waals surface area contributed by atoms with Gasteiger partial charge in [0.05, 0.1) is 11.0 Å². The minimum atomic E-state index is 0.527. The number of benzene rings is 8. The van der Waals surface area contributed by atoms with Gasteiger partial charge in [-0.05, 0) is 96.1 Å². The van der Waals surface area contributed by atoms with Crippen molar-refractivity contribution >= 4 is 87.6 Å². The fourth-order valence-corrected chi connectivity index (χ4v) is 8.73. The predicted molar refractivity (Wildman–Crippen MR) is 232 cm³/mol. The average Bonchev–Trinajstić information content (AvgIpc) is 4.04. The molecule has 0 amide bonds. The van der Waals surface area contributed by atoms with Crippen LogP contribution in [-0.4, -0.2) is 19.5 Å². The summed E-state index contributed by atoms with van der Waals surface area (Å²) in [7, 11) is 0. The summed E-state index contributed by atoms with van der Waals surface area (Å²) in [6.07, 6.45) is 0. The lowest BCUT2D eigenvalue weighted by molar-refractivity contribution is 0.668. The van der Waals surface area contributed by atoms with Crippen LogP contribution in [0.2, 0.25) is 0 Å². The van der Waals surface area contributed by atoms with E-state index in [0.717, 1.165) is 110 Å². The zero-order chi connectivity index (χ0) is 37.9.